The Morgan fingerprint density at radius 2 is 1.96 bits per heavy atom. The summed E-state index contributed by atoms with van der Waals surface area (Å²) in [4.78, 5) is 11.7. The average molecular weight is 348 g/mol. The topological polar surface area (TPSA) is 38.3 Å². The van der Waals surface area contributed by atoms with Crippen molar-refractivity contribution in [2.24, 2.45) is 0 Å². The third-order valence-electron chi connectivity index (χ3n) is 3.23. The molecule has 0 atom stereocenters. The SMILES string of the molecule is O=C(/C=C\c1cccc(F)c1)NCCCCOc1ccc(Cl)cc1. The lowest BCUT2D eigenvalue weighted by atomic mass is 10.2. The average Bonchev–Trinajstić information content (AvgIpc) is 2.58. The maximum Gasteiger partial charge on any atom is 0.243 e. The summed E-state index contributed by atoms with van der Waals surface area (Å²) in [5, 5.41) is 3.46. The third kappa shape index (κ3) is 6.84. The molecule has 2 aromatic rings. The second kappa shape index (κ2) is 9.73. The fourth-order valence-corrected chi connectivity index (χ4v) is 2.13. The summed E-state index contributed by atoms with van der Waals surface area (Å²) in [6, 6.07) is 13.3. The van der Waals surface area contributed by atoms with E-state index in [1.807, 2.05) is 12.1 Å². The number of carbonyl (C=O) groups is 1. The molecule has 0 aliphatic rings. The summed E-state index contributed by atoms with van der Waals surface area (Å²) in [5.74, 6) is 0.262. The van der Waals surface area contributed by atoms with Crippen LogP contribution in [0.15, 0.2) is 54.6 Å². The number of benzene rings is 2. The number of carbonyl (C=O) groups excluding carboxylic acids is 1. The zero-order chi connectivity index (χ0) is 17.2. The maximum absolute atomic E-state index is 13.0. The van der Waals surface area contributed by atoms with Gasteiger partial charge >= 0.3 is 0 Å². The van der Waals surface area contributed by atoms with Gasteiger partial charge in [-0.05, 0) is 60.9 Å². The number of amides is 1. The van der Waals surface area contributed by atoms with E-state index in [-0.39, 0.29) is 11.7 Å². The molecular formula is C19H19ClFNO2. The van der Waals surface area contributed by atoms with E-state index in [1.165, 1.54) is 18.2 Å². The minimum Gasteiger partial charge on any atom is -0.494 e. The van der Waals surface area contributed by atoms with Crippen LogP contribution in [0.2, 0.25) is 5.02 Å². The molecule has 5 heteroatoms. The molecule has 2 rings (SSSR count). The van der Waals surface area contributed by atoms with Crippen LogP contribution in [0.5, 0.6) is 5.75 Å². The first-order valence-corrected chi connectivity index (χ1v) is 8.11. The Kier molecular flexibility index (Phi) is 7.30. The van der Waals surface area contributed by atoms with Gasteiger partial charge in [0.25, 0.3) is 0 Å². The highest BCUT2D eigenvalue weighted by Gasteiger charge is 1.97. The lowest BCUT2D eigenvalue weighted by molar-refractivity contribution is -0.116. The van der Waals surface area contributed by atoms with E-state index < -0.39 is 0 Å². The zero-order valence-corrected chi connectivity index (χ0v) is 13.9. The molecule has 0 radical (unpaired) electrons. The number of ether oxygens (including phenoxy) is 1. The monoisotopic (exact) mass is 347 g/mol. The molecule has 2 aromatic carbocycles. The van der Waals surface area contributed by atoms with Crippen molar-refractivity contribution in [1.82, 2.24) is 5.32 Å². The van der Waals surface area contributed by atoms with Crippen LogP contribution in [0, 0.1) is 5.82 Å². The first kappa shape index (κ1) is 18.0. The normalized spacial score (nSPS) is 10.8. The van der Waals surface area contributed by atoms with Crippen molar-refractivity contribution in [3.05, 3.63) is 71.0 Å². The largest absolute Gasteiger partial charge is 0.494 e. The summed E-state index contributed by atoms with van der Waals surface area (Å²) >= 11 is 5.80. The van der Waals surface area contributed by atoms with Gasteiger partial charge in [0, 0.05) is 17.6 Å². The van der Waals surface area contributed by atoms with Gasteiger partial charge in [-0.15, -0.1) is 0 Å². The smallest absolute Gasteiger partial charge is 0.243 e. The van der Waals surface area contributed by atoms with Crippen molar-refractivity contribution >= 4 is 23.6 Å². The van der Waals surface area contributed by atoms with Crippen molar-refractivity contribution in [2.45, 2.75) is 12.8 Å². The zero-order valence-electron chi connectivity index (χ0n) is 13.2. The van der Waals surface area contributed by atoms with E-state index in [4.69, 9.17) is 16.3 Å². The number of hydrogen-bond donors (Lipinski definition) is 1. The molecule has 3 nitrogen and oxygen atoms in total. The number of nitrogens with one attached hydrogen (secondary N) is 1. The van der Waals surface area contributed by atoms with Gasteiger partial charge in [-0.25, -0.2) is 4.39 Å². The molecule has 0 aliphatic carbocycles. The van der Waals surface area contributed by atoms with Crippen LogP contribution in [0.25, 0.3) is 6.08 Å². The Hall–Kier alpha value is -2.33. The highest BCUT2D eigenvalue weighted by Crippen LogP contribution is 2.15. The summed E-state index contributed by atoms with van der Waals surface area (Å²) < 4.78 is 18.6. The predicted octanol–water partition coefficient (Wildman–Crippen LogP) is 4.47. The van der Waals surface area contributed by atoms with E-state index in [0.29, 0.717) is 23.7 Å². The van der Waals surface area contributed by atoms with E-state index in [9.17, 15) is 9.18 Å². The van der Waals surface area contributed by atoms with Gasteiger partial charge in [-0.3, -0.25) is 4.79 Å². The highest BCUT2D eigenvalue weighted by atomic mass is 35.5. The Labute approximate surface area is 146 Å². The van der Waals surface area contributed by atoms with Gasteiger partial charge in [0.15, 0.2) is 0 Å². The lowest BCUT2D eigenvalue weighted by Gasteiger charge is -2.06. The van der Waals surface area contributed by atoms with Crippen molar-refractivity contribution in [3.63, 3.8) is 0 Å². The molecule has 0 saturated carbocycles. The fraction of sp³-hybridized carbons (Fsp3) is 0.211. The van der Waals surface area contributed by atoms with Crippen molar-refractivity contribution < 1.29 is 13.9 Å². The van der Waals surface area contributed by atoms with Crippen LogP contribution < -0.4 is 10.1 Å². The molecule has 0 aliphatic heterocycles. The molecule has 0 bridgehead atoms. The predicted molar refractivity (Wildman–Crippen MR) is 94.6 cm³/mol. The Morgan fingerprint density at radius 1 is 1.17 bits per heavy atom. The maximum atomic E-state index is 13.0. The minimum absolute atomic E-state index is 0.196. The number of unbranched alkanes of at least 4 members (excludes halogenated alkanes) is 1. The minimum atomic E-state index is -0.321. The summed E-state index contributed by atoms with van der Waals surface area (Å²) in [6.07, 6.45) is 4.63. The Balaban J connectivity index is 1.58. The van der Waals surface area contributed by atoms with Gasteiger partial charge in [0.1, 0.15) is 11.6 Å². The number of halogens is 2. The van der Waals surface area contributed by atoms with Crippen molar-refractivity contribution in [3.8, 4) is 5.75 Å². The second-order valence-corrected chi connectivity index (χ2v) is 5.63. The van der Waals surface area contributed by atoms with Gasteiger partial charge in [0.05, 0.1) is 6.61 Å². The molecule has 0 saturated heterocycles. The molecule has 1 N–H and O–H groups in total. The molecule has 126 valence electrons. The van der Waals surface area contributed by atoms with E-state index in [2.05, 4.69) is 5.32 Å². The van der Waals surface area contributed by atoms with Crippen molar-refractivity contribution in [2.75, 3.05) is 13.2 Å². The van der Waals surface area contributed by atoms with Gasteiger partial charge < -0.3 is 10.1 Å². The highest BCUT2D eigenvalue weighted by molar-refractivity contribution is 6.30. The fourth-order valence-electron chi connectivity index (χ4n) is 2.00. The Morgan fingerprint density at radius 3 is 2.71 bits per heavy atom. The van der Waals surface area contributed by atoms with Gasteiger partial charge in [0.2, 0.25) is 5.91 Å². The van der Waals surface area contributed by atoms with E-state index >= 15 is 0 Å². The molecule has 0 spiro atoms. The molecule has 0 unspecified atom stereocenters. The first-order valence-electron chi connectivity index (χ1n) is 7.73. The first-order chi connectivity index (χ1) is 11.6. The molecular weight excluding hydrogens is 329 g/mol. The van der Waals surface area contributed by atoms with Gasteiger partial charge in [-0.1, -0.05) is 23.7 Å². The number of hydrogen-bond acceptors (Lipinski definition) is 2. The number of rotatable bonds is 8. The second-order valence-electron chi connectivity index (χ2n) is 5.19. The van der Waals surface area contributed by atoms with Crippen molar-refractivity contribution in [1.29, 1.82) is 0 Å². The molecule has 0 aromatic heterocycles. The summed E-state index contributed by atoms with van der Waals surface area (Å²) in [6.45, 7) is 1.15. The standard InChI is InChI=1S/C19H19ClFNO2/c20-16-7-9-18(10-8-16)24-13-2-1-12-22-19(23)11-6-15-4-3-5-17(21)14-15/h3-11,14H,1-2,12-13H2,(H,22,23)/b11-6-. The molecule has 1 amide bonds. The van der Waals surface area contributed by atoms with Crippen LogP contribution in [-0.4, -0.2) is 19.1 Å². The van der Waals surface area contributed by atoms with Crippen LogP contribution in [0.3, 0.4) is 0 Å². The van der Waals surface area contributed by atoms with Gasteiger partial charge in [-0.2, -0.15) is 0 Å². The van der Waals surface area contributed by atoms with E-state index in [1.54, 1.807) is 30.3 Å². The molecule has 24 heavy (non-hydrogen) atoms. The third-order valence-corrected chi connectivity index (χ3v) is 3.48. The van der Waals surface area contributed by atoms with Crippen LogP contribution >= 0.6 is 11.6 Å². The molecule has 0 fully saturated rings. The lowest BCUT2D eigenvalue weighted by Crippen LogP contribution is -2.22. The quantitative estimate of drug-likeness (QED) is 0.565. The summed E-state index contributed by atoms with van der Waals surface area (Å²) in [7, 11) is 0. The summed E-state index contributed by atoms with van der Waals surface area (Å²) in [5.41, 5.74) is 0.654. The van der Waals surface area contributed by atoms with Crippen LogP contribution in [0.1, 0.15) is 18.4 Å². The van der Waals surface area contributed by atoms with E-state index in [0.717, 1.165) is 18.6 Å². The Bertz CT molecular complexity index is 686. The molecule has 0 heterocycles. The van der Waals surface area contributed by atoms with Crippen LogP contribution in [0.4, 0.5) is 4.39 Å². The van der Waals surface area contributed by atoms with Crippen LogP contribution in [-0.2, 0) is 4.79 Å².